The van der Waals surface area contributed by atoms with E-state index in [-0.39, 0.29) is 18.5 Å². The maximum absolute atomic E-state index is 12.2. The predicted octanol–water partition coefficient (Wildman–Crippen LogP) is 7.14. The van der Waals surface area contributed by atoms with Crippen LogP contribution < -0.4 is 4.74 Å². The maximum atomic E-state index is 12.2. The number of benzene rings is 4. The molecule has 0 fully saturated rings. The van der Waals surface area contributed by atoms with E-state index < -0.39 is 5.97 Å². The lowest BCUT2D eigenvalue weighted by Crippen LogP contribution is -2.32. The second-order valence-electron chi connectivity index (χ2n) is 8.72. The van der Waals surface area contributed by atoms with E-state index in [4.69, 9.17) is 4.74 Å². The molecular formula is C31H31NO3. The average Bonchev–Trinajstić information content (AvgIpc) is 2.91. The Labute approximate surface area is 207 Å². The van der Waals surface area contributed by atoms with Crippen molar-refractivity contribution in [3.63, 3.8) is 0 Å². The molecule has 1 N–H and O–H groups in total. The summed E-state index contributed by atoms with van der Waals surface area (Å²) in [4.78, 5) is 14.4. The Morgan fingerprint density at radius 1 is 0.800 bits per heavy atom. The molecule has 0 radical (unpaired) electrons. The van der Waals surface area contributed by atoms with E-state index in [1.165, 1.54) is 0 Å². The number of carboxylic acids is 1. The summed E-state index contributed by atoms with van der Waals surface area (Å²) < 4.78 is 5.65. The molecule has 0 amide bonds. The zero-order chi connectivity index (χ0) is 24.6. The summed E-state index contributed by atoms with van der Waals surface area (Å²) in [6.45, 7) is 2.76. The van der Waals surface area contributed by atoms with Crippen LogP contribution in [0.3, 0.4) is 0 Å². The lowest BCUT2D eigenvalue weighted by molar-refractivity contribution is -0.138. The number of nitrogens with zero attached hydrogens (tertiary/aromatic N) is 1. The molecule has 2 unspecified atom stereocenters. The van der Waals surface area contributed by atoms with Gasteiger partial charge in [0.15, 0.2) is 0 Å². The van der Waals surface area contributed by atoms with Gasteiger partial charge in [0, 0.05) is 18.6 Å². The van der Waals surface area contributed by atoms with Gasteiger partial charge in [0.1, 0.15) is 5.75 Å². The number of methoxy groups -OCH3 is 1. The Bertz CT molecular complexity index is 1230. The molecule has 4 aromatic carbocycles. The summed E-state index contributed by atoms with van der Waals surface area (Å²) >= 11 is 0. The third-order valence-corrected chi connectivity index (χ3v) is 6.41. The van der Waals surface area contributed by atoms with E-state index in [0.29, 0.717) is 12.3 Å². The summed E-state index contributed by atoms with van der Waals surface area (Å²) in [5.41, 5.74) is 5.26. The van der Waals surface area contributed by atoms with Crippen LogP contribution in [-0.2, 0) is 11.3 Å². The molecule has 0 bridgehead atoms. The first-order valence-electron chi connectivity index (χ1n) is 11.9. The summed E-state index contributed by atoms with van der Waals surface area (Å²) in [6, 6.07) is 36.3. The number of aliphatic carboxylic acids is 1. The fourth-order valence-electron chi connectivity index (χ4n) is 4.56. The molecule has 0 aliphatic heterocycles. The van der Waals surface area contributed by atoms with Crippen molar-refractivity contribution in [1.29, 1.82) is 0 Å². The standard InChI is InChI=1S/C31H31NO3/c1-23(25-14-8-4-9-15-25)32(22-24-12-6-3-7-13-24)30(21-31(33)34)28-18-27(19-29(20-28)35-2)26-16-10-5-11-17-26/h3-20,23,30H,21-22H2,1-2H3,(H,33,34). The van der Waals surface area contributed by atoms with Crippen LogP contribution in [0.25, 0.3) is 11.1 Å². The van der Waals surface area contributed by atoms with Crippen LogP contribution in [0.15, 0.2) is 109 Å². The lowest BCUT2D eigenvalue weighted by Gasteiger charge is -2.37. The Balaban J connectivity index is 1.83. The summed E-state index contributed by atoms with van der Waals surface area (Å²) in [5, 5.41) is 9.97. The molecule has 4 aromatic rings. The monoisotopic (exact) mass is 465 g/mol. The largest absolute Gasteiger partial charge is 0.497 e. The van der Waals surface area contributed by atoms with E-state index >= 15 is 0 Å². The molecular weight excluding hydrogens is 434 g/mol. The molecule has 4 heteroatoms. The number of rotatable bonds is 10. The Morgan fingerprint density at radius 3 is 2.00 bits per heavy atom. The molecule has 35 heavy (non-hydrogen) atoms. The summed E-state index contributed by atoms with van der Waals surface area (Å²) in [6.07, 6.45) is -0.0224. The van der Waals surface area contributed by atoms with Crippen molar-refractivity contribution in [1.82, 2.24) is 4.90 Å². The molecule has 0 aliphatic carbocycles. The van der Waals surface area contributed by atoms with Crippen molar-refractivity contribution >= 4 is 5.97 Å². The Kier molecular flexibility index (Phi) is 7.96. The van der Waals surface area contributed by atoms with Crippen molar-refractivity contribution in [2.45, 2.75) is 32.0 Å². The minimum atomic E-state index is -0.836. The molecule has 4 rings (SSSR count). The van der Waals surface area contributed by atoms with Crippen LogP contribution in [0.5, 0.6) is 5.75 Å². The van der Waals surface area contributed by atoms with Gasteiger partial charge in [0.25, 0.3) is 0 Å². The third kappa shape index (κ3) is 6.17. The Morgan fingerprint density at radius 2 is 1.40 bits per heavy atom. The molecule has 0 spiro atoms. The van der Waals surface area contributed by atoms with E-state index in [0.717, 1.165) is 27.8 Å². The number of carboxylic acid groups (broad SMARTS) is 1. The first-order valence-corrected chi connectivity index (χ1v) is 11.9. The molecule has 4 nitrogen and oxygen atoms in total. The van der Waals surface area contributed by atoms with E-state index in [1.807, 2.05) is 66.7 Å². The smallest absolute Gasteiger partial charge is 0.305 e. The highest BCUT2D eigenvalue weighted by Crippen LogP contribution is 2.38. The van der Waals surface area contributed by atoms with E-state index in [9.17, 15) is 9.90 Å². The quantitative estimate of drug-likeness (QED) is 0.270. The average molecular weight is 466 g/mol. The normalized spacial score (nSPS) is 12.8. The summed E-state index contributed by atoms with van der Waals surface area (Å²) in [5.74, 6) is -0.124. The second-order valence-corrected chi connectivity index (χ2v) is 8.72. The minimum absolute atomic E-state index is 0.00728. The van der Waals surface area contributed by atoms with Crippen LogP contribution >= 0.6 is 0 Å². The van der Waals surface area contributed by atoms with Crippen LogP contribution in [-0.4, -0.2) is 23.1 Å². The first-order chi connectivity index (χ1) is 17.0. The molecule has 0 saturated carbocycles. The van der Waals surface area contributed by atoms with Crippen LogP contribution in [0.4, 0.5) is 0 Å². The predicted molar refractivity (Wildman–Crippen MR) is 140 cm³/mol. The van der Waals surface area contributed by atoms with Gasteiger partial charge < -0.3 is 9.84 Å². The fraction of sp³-hybridized carbons (Fsp3) is 0.194. The van der Waals surface area contributed by atoms with Gasteiger partial charge in [-0.25, -0.2) is 0 Å². The van der Waals surface area contributed by atoms with E-state index in [1.54, 1.807) is 7.11 Å². The topological polar surface area (TPSA) is 49.8 Å². The molecule has 178 valence electrons. The highest BCUT2D eigenvalue weighted by molar-refractivity contribution is 5.70. The van der Waals surface area contributed by atoms with Gasteiger partial charge >= 0.3 is 5.97 Å². The van der Waals surface area contributed by atoms with Crippen molar-refractivity contribution in [3.8, 4) is 16.9 Å². The van der Waals surface area contributed by atoms with Crippen molar-refractivity contribution in [3.05, 3.63) is 126 Å². The van der Waals surface area contributed by atoms with Crippen LogP contribution in [0.2, 0.25) is 0 Å². The third-order valence-electron chi connectivity index (χ3n) is 6.41. The molecule has 2 atom stereocenters. The SMILES string of the molecule is COc1cc(-c2ccccc2)cc(C(CC(=O)O)N(Cc2ccccc2)C(C)c2ccccc2)c1. The maximum Gasteiger partial charge on any atom is 0.305 e. The van der Waals surface area contributed by atoms with Crippen molar-refractivity contribution in [2.24, 2.45) is 0 Å². The summed E-state index contributed by atoms with van der Waals surface area (Å²) in [7, 11) is 1.65. The first kappa shape index (κ1) is 24.2. The van der Waals surface area contributed by atoms with Gasteiger partial charge in [-0.15, -0.1) is 0 Å². The van der Waals surface area contributed by atoms with Gasteiger partial charge in [0.05, 0.1) is 13.5 Å². The zero-order valence-electron chi connectivity index (χ0n) is 20.2. The molecule has 0 aliphatic rings. The van der Waals surface area contributed by atoms with Gasteiger partial charge in [-0.1, -0.05) is 91.0 Å². The van der Waals surface area contributed by atoms with Crippen LogP contribution in [0.1, 0.15) is 42.1 Å². The fourth-order valence-corrected chi connectivity index (χ4v) is 4.56. The number of hydrogen-bond acceptors (Lipinski definition) is 3. The second kappa shape index (κ2) is 11.5. The molecule has 0 heterocycles. The van der Waals surface area contributed by atoms with Gasteiger partial charge in [-0.3, -0.25) is 9.69 Å². The van der Waals surface area contributed by atoms with Gasteiger partial charge in [-0.05, 0) is 52.9 Å². The number of carbonyl (C=O) groups is 1. The lowest BCUT2D eigenvalue weighted by atomic mass is 9.93. The van der Waals surface area contributed by atoms with Crippen LogP contribution in [0, 0.1) is 0 Å². The molecule has 0 saturated heterocycles. The Hall–Kier alpha value is -3.89. The molecule has 0 aromatic heterocycles. The van der Waals surface area contributed by atoms with Gasteiger partial charge in [0.2, 0.25) is 0 Å². The number of ether oxygens (including phenoxy) is 1. The van der Waals surface area contributed by atoms with Crippen molar-refractivity contribution < 1.29 is 14.6 Å². The van der Waals surface area contributed by atoms with E-state index in [2.05, 4.69) is 54.3 Å². The minimum Gasteiger partial charge on any atom is -0.497 e. The highest BCUT2D eigenvalue weighted by Gasteiger charge is 2.29. The van der Waals surface area contributed by atoms with Crippen molar-refractivity contribution in [2.75, 3.05) is 7.11 Å². The highest BCUT2D eigenvalue weighted by atomic mass is 16.5. The zero-order valence-corrected chi connectivity index (χ0v) is 20.2. The number of hydrogen-bond donors (Lipinski definition) is 1. The van der Waals surface area contributed by atoms with Gasteiger partial charge in [-0.2, -0.15) is 0 Å².